The van der Waals surface area contributed by atoms with Crippen molar-refractivity contribution in [3.8, 4) is 11.1 Å². The van der Waals surface area contributed by atoms with Gasteiger partial charge in [-0.25, -0.2) is 8.78 Å². The van der Waals surface area contributed by atoms with Gasteiger partial charge in [-0.1, -0.05) is 6.07 Å². The minimum atomic E-state index is -0.889. The number of aromatic nitrogens is 2. The zero-order chi connectivity index (χ0) is 20.8. The molecule has 0 spiro atoms. The fourth-order valence-electron chi connectivity index (χ4n) is 3.87. The molecule has 1 aliphatic heterocycles. The SMILES string of the molecule is CN1CCN(c2cc(F)c(F)c(-c3ccc4[nH]nc(C(=O)NC5CC5)c4c3)c2)CC1. The molecule has 1 saturated heterocycles. The maximum absolute atomic E-state index is 14.8. The van der Waals surface area contributed by atoms with E-state index in [0.29, 0.717) is 22.2 Å². The normalized spacial score (nSPS) is 17.5. The standard InChI is InChI=1S/C22H23F2N5O/c1-28-6-8-29(9-7-28)15-11-16(20(24)18(23)12-15)13-2-5-19-17(10-13)21(27-26-19)22(30)25-14-3-4-14/h2,5,10-12,14H,3-4,6-9H2,1H3,(H,25,30)(H,26,27). The Kier molecular flexibility index (Phi) is 4.66. The predicted octanol–water partition coefficient (Wildman–Crippen LogP) is 3.15. The summed E-state index contributed by atoms with van der Waals surface area (Å²) in [4.78, 5) is 16.8. The van der Waals surface area contributed by atoms with Crippen molar-refractivity contribution in [2.45, 2.75) is 18.9 Å². The van der Waals surface area contributed by atoms with Crippen molar-refractivity contribution in [2.24, 2.45) is 0 Å². The van der Waals surface area contributed by atoms with Gasteiger partial charge in [-0.15, -0.1) is 0 Å². The third kappa shape index (κ3) is 3.52. The molecule has 6 nitrogen and oxygen atoms in total. The summed E-state index contributed by atoms with van der Waals surface area (Å²) in [5.41, 5.74) is 2.30. The van der Waals surface area contributed by atoms with Crippen LogP contribution in [-0.4, -0.2) is 60.3 Å². The highest BCUT2D eigenvalue weighted by Gasteiger charge is 2.26. The van der Waals surface area contributed by atoms with E-state index in [9.17, 15) is 13.6 Å². The van der Waals surface area contributed by atoms with E-state index in [1.165, 1.54) is 6.07 Å². The van der Waals surface area contributed by atoms with Gasteiger partial charge in [0.15, 0.2) is 17.3 Å². The van der Waals surface area contributed by atoms with E-state index in [1.54, 1.807) is 24.3 Å². The van der Waals surface area contributed by atoms with Crippen LogP contribution in [0.2, 0.25) is 0 Å². The summed E-state index contributed by atoms with van der Waals surface area (Å²) in [7, 11) is 2.05. The Balaban J connectivity index is 1.53. The average molecular weight is 411 g/mol. The molecule has 0 bridgehead atoms. The molecular weight excluding hydrogens is 388 g/mol. The summed E-state index contributed by atoms with van der Waals surface area (Å²) in [6.07, 6.45) is 1.95. The molecule has 156 valence electrons. The topological polar surface area (TPSA) is 64.3 Å². The predicted molar refractivity (Wildman–Crippen MR) is 112 cm³/mol. The molecule has 2 aromatic carbocycles. The summed E-state index contributed by atoms with van der Waals surface area (Å²) < 4.78 is 29.2. The second-order valence-electron chi connectivity index (χ2n) is 8.16. The molecule has 0 unspecified atom stereocenters. The first-order valence-electron chi connectivity index (χ1n) is 10.2. The summed E-state index contributed by atoms with van der Waals surface area (Å²) in [6, 6.07) is 8.32. The molecular formula is C22H23F2N5O. The van der Waals surface area contributed by atoms with E-state index in [4.69, 9.17) is 0 Å². The number of fused-ring (bicyclic) bond motifs is 1. The number of carbonyl (C=O) groups excluding carboxylic acids is 1. The van der Waals surface area contributed by atoms with Crippen LogP contribution >= 0.6 is 0 Å². The molecule has 1 saturated carbocycles. The third-order valence-electron chi connectivity index (χ3n) is 5.88. The zero-order valence-corrected chi connectivity index (χ0v) is 16.7. The minimum Gasteiger partial charge on any atom is -0.369 e. The number of H-pyrrole nitrogens is 1. The Morgan fingerprint density at radius 3 is 2.63 bits per heavy atom. The summed E-state index contributed by atoms with van der Waals surface area (Å²) in [6.45, 7) is 3.25. The second-order valence-corrected chi connectivity index (χ2v) is 8.16. The van der Waals surface area contributed by atoms with Gasteiger partial charge in [0, 0.05) is 54.9 Å². The van der Waals surface area contributed by atoms with Gasteiger partial charge in [0.05, 0.1) is 5.52 Å². The van der Waals surface area contributed by atoms with E-state index in [0.717, 1.165) is 39.0 Å². The van der Waals surface area contributed by atoms with Crippen molar-refractivity contribution >= 4 is 22.5 Å². The molecule has 0 radical (unpaired) electrons. The summed E-state index contributed by atoms with van der Waals surface area (Å²) in [5.74, 6) is -2.01. The first-order chi connectivity index (χ1) is 14.5. The van der Waals surface area contributed by atoms with Gasteiger partial charge in [0.25, 0.3) is 5.91 Å². The van der Waals surface area contributed by atoms with E-state index in [1.807, 2.05) is 7.05 Å². The minimum absolute atomic E-state index is 0.181. The molecule has 2 N–H and O–H groups in total. The Morgan fingerprint density at radius 1 is 1.13 bits per heavy atom. The molecule has 1 aliphatic carbocycles. The average Bonchev–Trinajstić information content (AvgIpc) is 3.45. The molecule has 1 amide bonds. The van der Waals surface area contributed by atoms with Crippen molar-refractivity contribution in [2.75, 3.05) is 38.1 Å². The molecule has 8 heteroatoms. The number of piperazine rings is 1. The van der Waals surface area contributed by atoms with Crippen LogP contribution in [0.25, 0.3) is 22.0 Å². The number of aromatic amines is 1. The quantitative estimate of drug-likeness (QED) is 0.692. The Bertz CT molecular complexity index is 1120. The number of nitrogens with zero attached hydrogens (tertiary/aromatic N) is 3. The van der Waals surface area contributed by atoms with Crippen LogP contribution in [0.15, 0.2) is 30.3 Å². The van der Waals surface area contributed by atoms with Crippen LogP contribution in [0.3, 0.4) is 0 Å². The van der Waals surface area contributed by atoms with Crippen molar-refractivity contribution in [1.82, 2.24) is 20.4 Å². The van der Waals surface area contributed by atoms with Gasteiger partial charge in [-0.05, 0) is 43.7 Å². The van der Waals surface area contributed by atoms with Crippen LogP contribution < -0.4 is 10.2 Å². The van der Waals surface area contributed by atoms with Gasteiger partial charge in [-0.2, -0.15) is 5.10 Å². The highest BCUT2D eigenvalue weighted by molar-refractivity contribution is 6.05. The fraction of sp³-hybridized carbons (Fsp3) is 0.364. The van der Waals surface area contributed by atoms with Crippen LogP contribution in [0.1, 0.15) is 23.3 Å². The van der Waals surface area contributed by atoms with Crippen molar-refractivity contribution in [3.05, 3.63) is 47.7 Å². The van der Waals surface area contributed by atoms with E-state index in [2.05, 4.69) is 25.3 Å². The number of halogens is 2. The number of likely N-dealkylation sites (N-methyl/N-ethyl adjacent to an activating group) is 1. The number of benzene rings is 2. The number of carbonyl (C=O) groups is 1. The monoisotopic (exact) mass is 411 g/mol. The Morgan fingerprint density at radius 2 is 1.90 bits per heavy atom. The fourth-order valence-corrected chi connectivity index (χ4v) is 3.87. The lowest BCUT2D eigenvalue weighted by Gasteiger charge is -2.34. The molecule has 2 aliphatic rings. The highest BCUT2D eigenvalue weighted by Crippen LogP contribution is 2.33. The highest BCUT2D eigenvalue weighted by atomic mass is 19.2. The summed E-state index contributed by atoms with van der Waals surface area (Å²) in [5, 5.41) is 10.5. The van der Waals surface area contributed by atoms with Crippen LogP contribution in [-0.2, 0) is 0 Å². The maximum atomic E-state index is 14.8. The lowest BCUT2D eigenvalue weighted by Crippen LogP contribution is -2.44. The lowest BCUT2D eigenvalue weighted by molar-refractivity contribution is 0.0947. The smallest absolute Gasteiger partial charge is 0.272 e. The molecule has 30 heavy (non-hydrogen) atoms. The van der Waals surface area contributed by atoms with Gasteiger partial charge in [-0.3, -0.25) is 9.89 Å². The Hall–Kier alpha value is -3.00. The number of hydrogen-bond acceptors (Lipinski definition) is 4. The number of rotatable bonds is 4. The first kappa shape index (κ1) is 19.0. The van der Waals surface area contributed by atoms with Crippen LogP contribution in [0.4, 0.5) is 14.5 Å². The van der Waals surface area contributed by atoms with Crippen molar-refractivity contribution in [1.29, 1.82) is 0 Å². The van der Waals surface area contributed by atoms with Gasteiger partial charge < -0.3 is 15.1 Å². The van der Waals surface area contributed by atoms with Gasteiger partial charge in [0.2, 0.25) is 0 Å². The number of amides is 1. The van der Waals surface area contributed by atoms with Gasteiger partial charge in [0.1, 0.15) is 0 Å². The number of anilines is 1. The van der Waals surface area contributed by atoms with E-state index >= 15 is 0 Å². The lowest BCUT2D eigenvalue weighted by atomic mass is 10.0. The molecule has 5 rings (SSSR count). The van der Waals surface area contributed by atoms with Crippen LogP contribution in [0.5, 0.6) is 0 Å². The molecule has 3 aromatic rings. The molecule has 2 fully saturated rings. The largest absolute Gasteiger partial charge is 0.369 e. The first-order valence-corrected chi connectivity index (χ1v) is 10.2. The van der Waals surface area contributed by atoms with E-state index in [-0.39, 0.29) is 23.2 Å². The van der Waals surface area contributed by atoms with Crippen LogP contribution in [0, 0.1) is 11.6 Å². The molecule has 0 atom stereocenters. The van der Waals surface area contributed by atoms with E-state index < -0.39 is 11.6 Å². The maximum Gasteiger partial charge on any atom is 0.272 e. The molecule has 2 heterocycles. The zero-order valence-electron chi connectivity index (χ0n) is 16.7. The third-order valence-corrected chi connectivity index (χ3v) is 5.88. The van der Waals surface area contributed by atoms with Crippen molar-refractivity contribution in [3.63, 3.8) is 0 Å². The molecule has 1 aromatic heterocycles. The second kappa shape index (κ2) is 7.36. The Labute approximate surface area is 172 Å². The summed E-state index contributed by atoms with van der Waals surface area (Å²) >= 11 is 0. The number of hydrogen-bond donors (Lipinski definition) is 2. The van der Waals surface area contributed by atoms with Crippen molar-refractivity contribution < 1.29 is 13.6 Å². The number of nitrogens with one attached hydrogen (secondary N) is 2. The van der Waals surface area contributed by atoms with Gasteiger partial charge >= 0.3 is 0 Å².